The maximum absolute atomic E-state index is 11.9. The molecule has 0 spiro atoms. The van der Waals surface area contributed by atoms with Gasteiger partial charge in [0.2, 0.25) is 0 Å². The van der Waals surface area contributed by atoms with Gasteiger partial charge in [0.05, 0.1) is 10.6 Å². The van der Waals surface area contributed by atoms with E-state index in [1.54, 1.807) is 12.1 Å². The van der Waals surface area contributed by atoms with E-state index in [4.69, 9.17) is 17.3 Å². The molecule has 0 saturated heterocycles. The van der Waals surface area contributed by atoms with Gasteiger partial charge in [-0.1, -0.05) is 11.6 Å². The molecule has 92 valence electrons. The standard InChI is InChI=1S/C12H14ClIN2O/c13-10-4-3-8(14)5-9(10)12(17)16-6-11(15)7-1-2-7/h3-5,7,11H,1-2,6,15H2,(H,16,17). The van der Waals surface area contributed by atoms with Gasteiger partial charge in [-0.2, -0.15) is 0 Å². The van der Waals surface area contributed by atoms with Crippen LogP contribution < -0.4 is 11.1 Å². The summed E-state index contributed by atoms with van der Waals surface area (Å²) in [5.74, 6) is 0.436. The molecule has 1 atom stereocenters. The van der Waals surface area contributed by atoms with Gasteiger partial charge in [-0.15, -0.1) is 0 Å². The first-order valence-corrected chi connectivity index (χ1v) is 7.02. The van der Waals surface area contributed by atoms with Crippen LogP contribution in [0.4, 0.5) is 0 Å². The summed E-state index contributed by atoms with van der Waals surface area (Å²) in [6, 6.07) is 5.45. The summed E-state index contributed by atoms with van der Waals surface area (Å²) in [7, 11) is 0. The molecular formula is C12H14ClIN2O. The SMILES string of the molecule is NC(CNC(=O)c1cc(I)ccc1Cl)C1CC1. The molecule has 1 saturated carbocycles. The minimum atomic E-state index is -0.149. The highest BCUT2D eigenvalue weighted by molar-refractivity contribution is 14.1. The third-order valence-electron chi connectivity index (χ3n) is 2.90. The number of hydrogen-bond acceptors (Lipinski definition) is 2. The number of benzene rings is 1. The highest BCUT2D eigenvalue weighted by Gasteiger charge is 2.28. The van der Waals surface area contributed by atoms with E-state index in [9.17, 15) is 4.79 Å². The van der Waals surface area contributed by atoms with E-state index in [0.29, 0.717) is 23.0 Å². The molecule has 1 aliphatic carbocycles. The van der Waals surface area contributed by atoms with Crippen molar-refractivity contribution in [2.45, 2.75) is 18.9 Å². The van der Waals surface area contributed by atoms with Crippen molar-refractivity contribution in [3.63, 3.8) is 0 Å². The Balaban J connectivity index is 1.96. The Bertz CT molecular complexity index is 435. The van der Waals surface area contributed by atoms with Crippen molar-refractivity contribution in [3.05, 3.63) is 32.4 Å². The highest BCUT2D eigenvalue weighted by Crippen LogP contribution is 2.31. The second-order valence-corrected chi connectivity index (χ2v) is 5.99. The molecule has 0 radical (unpaired) electrons. The number of carbonyl (C=O) groups excluding carboxylic acids is 1. The minimum Gasteiger partial charge on any atom is -0.350 e. The van der Waals surface area contributed by atoms with E-state index in [1.807, 2.05) is 6.07 Å². The van der Waals surface area contributed by atoms with Crippen molar-refractivity contribution < 1.29 is 4.79 Å². The highest BCUT2D eigenvalue weighted by atomic mass is 127. The van der Waals surface area contributed by atoms with Crippen LogP contribution in [0.25, 0.3) is 0 Å². The summed E-state index contributed by atoms with van der Waals surface area (Å²) in [4.78, 5) is 11.9. The van der Waals surface area contributed by atoms with Crippen LogP contribution in [0.15, 0.2) is 18.2 Å². The number of hydrogen-bond donors (Lipinski definition) is 2. The number of rotatable bonds is 4. The van der Waals surface area contributed by atoms with Gasteiger partial charge in [0.15, 0.2) is 0 Å². The first-order chi connectivity index (χ1) is 8.08. The van der Waals surface area contributed by atoms with Crippen LogP contribution in [0.5, 0.6) is 0 Å². The van der Waals surface area contributed by atoms with Crippen LogP contribution in [0.2, 0.25) is 5.02 Å². The quantitative estimate of drug-likeness (QED) is 0.806. The summed E-state index contributed by atoms with van der Waals surface area (Å²) in [6.07, 6.45) is 2.36. The Morgan fingerprint density at radius 3 is 2.94 bits per heavy atom. The molecule has 1 amide bonds. The zero-order chi connectivity index (χ0) is 12.4. The lowest BCUT2D eigenvalue weighted by atomic mass is 10.2. The van der Waals surface area contributed by atoms with E-state index in [0.717, 1.165) is 3.57 Å². The molecule has 3 nitrogen and oxygen atoms in total. The summed E-state index contributed by atoms with van der Waals surface area (Å²) >= 11 is 8.14. The number of halogens is 2. The molecule has 1 aromatic carbocycles. The number of nitrogens with two attached hydrogens (primary N) is 1. The van der Waals surface area contributed by atoms with Gasteiger partial charge in [-0.05, 0) is 59.5 Å². The Labute approximate surface area is 119 Å². The average molecular weight is 365 g/mol. The maximum Gasteiger partial charge on any atom is 0.252 e. The maximum atomic E-state index is 11.9. The second-order valence-electron chi connectivity index (χ2n) is 4.34. The summed E-state index contributed by atoms with van der Waals surface area (Å²) in [6.45, 7) is 0.519. The molecule has 3 N–H and O–H groups in total. The Hall–Kier alpha value is -0.330. The lowest BCUT2D eigenvalue weighted by Gasteiger charge is -2.12. The van der Waals surface area contributed by atoms with Crippen molar-refractivity contribution in [2.75, 3.05) is 6.54 Å². The Morgan fingerprint density at radius 1 is 1.59 bits per heavy atom. The van der Waals surface area contributed by atoms with Crippen LogP contribution >= 0.6 is 34.2 Å². The van der Waals surface area contributed by atoms with Crippen LogP contribution in [0.1, 0.15) is 23.2 Å². The van der Waals surface area contributed by atoms with Crippen molar-refractivity contribution in [1.82, 2.24) is 5.32 Å². The fourth-order valence-corrected chi connectivity index (χ4v) is 2.36. The van der Waals surface area contributed by atoms with Crippen molar-refractivity contribution in [2.24, 2.45) is 11.7 Å². The normalized spacial score (nSPS) is 16.6. The molecule has 0 aromatic heterocycles. The molecule has 0 bridgehead atoms. The van der Waals surface area contributed by atoms with Crippen molar-refractivity contribution in [3.8, 4) is 0 Å². The molecule has 0 heterocycles. The first-order valence-electron chi connectivity index (χ1n) is 5.57. The van der Waals surface area contributed by atoms with Gasteiger partial charge < -0.3 is 11.1 Å². The first kappa shape index (κ1) is 13.1. The van der Waals surface area contributed by atoms with Crippen LogP contribution in [0.3, 0.4) is 0 Å². The van der Waals surface area contributed by atoms with Gasteiger partial charge in [-0.3, -0.25) is 4.79 Å². The zero-order valence-electron chi connectivity index (χ0n) is 9.25. The molecule has 2 rings (SSSR count). The topological polar surface area (TPSA) is 55.1 Å². The van der Waals surface area contributed by atoms with E-state index < -0.39 is 0 Å². The van der Waals surface area contributed by atoms with Gasteiger partial charge in [-0.25, -0.2) is 0 Å². The molecular weight excluding hydrogens is 351 g/mol. The predicted octanol–water partition coefficient (Wildman–Crippen LogP) is 2.41. The van der Waals surface area contributed by atoms with E-state index >= 15 is 0 Å². The molecule has 5 heteroatoms. The molecule has 1 unspecified atom stereocenters. The largest absolute Gasteiger partial charge is 0.350 e. The monoisotopic (exact) mass is 364 g/mol. The number of carbonyl (C=O) groups is 1. The predicted molar refractivity (Wildman–Crippen MR) is 77.2 cm³/mol. The molecule has 1 aromatic rings. The summed E-state index contributed by atoms with van der Waals surface area (Å²) in [5.41, 5.74) is 6.44. The lowest BCUT2D eigenvalue weighted by molar-refractivity contribution is 0.0950. The van der Waals surface area contributed by atoms with E-state index in [-0.39, 0.29) is 11.9 Å². The van der Waals surface area contributed by atoms with Crippen LogP contribution in [0, 0.1) is 9.49 Å². The fraction of sp³-hybridized carbons (Fsp3) is 0.417. The summed E-state index contributed by atoms with van der Waals surface area (Å²) < 4.78 is 0.989. The van der Waals surface area contributed by atoms with Crippen LogP contribution in [-0.2, 0) is 0 Å². The fourth-order valence-electron chi connectivity index (χ4n) is 1.67. The van der Waals surface area contributed by atoms with E-state index in [1.165, 1.54) is 12.8 Å². The van der Waals surface area contributed by atoms with Gasteiger partial charge in [0.25, 0.3) is 5.91 Å². The van der Waals surface area contributed by atoms with Gasteiger partial charge >= 0.3 is 0 Å². The van der Waals surface area contributed by atoms with Gasteiger partial charge in [0.1, 0.15) is 0 Å². The molecule has 0 aliphatic heterocycles. The third-order valence-corrected chi connectivity index (χ3v) is 3.90. The Morgan fingerprint density at radius 2 is 2.29 bits per heavy atom. The van der Waals surface area contributed by atoms with Crippen molar-refractivity contribution >= 4 is 40.1 Å². The van der Waals surface area contributed by atoms with Gasteiger partial charge in [0, 0.05) is 16.2 Å². The lowest BCUT2D eigenvalue weighted by Crippen LogP contribution is -2.38. The second kappa shape index (κ2) is 5.54. The molecule has 1 aliphatic rings. The molecule has 1 fully saturated rings. The minimum absolute atomic E-state index is 0.0699. The summed E-state index contributed by atoms with van der Waals surface area (Å²) in [5, 5.41) is 3.31. The van der Waals surface area contributed by atoms with Crippen LogP contribution in [-0.4, -0.2) is 18.5 Å². The average Bonchev–Trinajstić information content (AvgIpc) is 3.12. The van der Waals surface area contributed by atoms with E-state index in [2.05, 4.69) is 27.9 Å². The Kier molecular flexibility index (Phi) is 4.27. The number of amides is 1. The molecule has 17 heavy (non-hydrogen) atoms. The smallest absolute Gasteiger partial charge is 0.252 e. The number of nitrogens with one attached hydrogen (secondary N) is 1. The van der Waals surface area contributed by atoms with Crippen molar-refractivity contribution in [1.29, 1.82) is 0 Å². The third kappa shape index (κ3) is 3.56. The zero-order valence-corrected chi connectivity index (χ0v) is 12.2.